The first-order valence-electron chi connectivity index (χ1n) is 12.0. The van der Waals surface area contributed by atoms with E-state index in [0.29, 0.717) is 30.6 Å². The summed E-state index contributed by atoms with van der Waals surface area (Å²) in [6.45, 7) is 2.11. The smallest absolute Gasteiger partial charge is 0.325 e. The fraction of sp³-hybridized carbons (Fsp3) is 0.385. The summed E-state index contributed by atoms with van der Waals surface area (Å²) in [5, 5.41) is 11.3. The number of nitrogens with one attached hydrogen (secondary N) is 4. The predicted octanol–water partition coefficient (Wildman–Crippen LogP) is 4.15. The second kappa shape index (κ2) is 10.6. The van der Waals surface area contributed by atoms with E-state index in [1.807, 2.05) is 37.3 Å². The molecular weight excluding hydrogens is 446 g/mol. The van der Waals surface area contributed by atoms with Gasteiger partial charge in [0.1, 0.15) is 5.54 Å². The van der Waals surface area contributed by atoms with Crippen LogP contribution in [0.3, 0.4) is 0 Å². The molecule has 1 heterocycles. The predicted molar refractivity (Wildman–Crippen MR) is 133 cm³/mol. The SMILES string of the molecule is CC(NC(=O)CCCN1C(=O)NC2(CCCC2)C1=O)c1ccc(NC(=O)Nc2ccccc2)cc1. The molecule has 1 atom stereocenters. The minimum absolute atomic E-state index is 0.149. The van der Waals surface area contributed by atoms with Crippen molar-refractivity contribution >= 4 is 35.3 Å². The van der Waals surface area contributed by atoms with E-state index in [2.05, 4.69) is 21.3 Å². The summed E-state index contributed by atoms with van der Waals surface area (Å²) in [4.78, 5) is 50.7. The molecule has 35 heavy (non-hydrogen) atoms. The zero-order valence-corrected chi connectivity index (χ0v) is 19.8. The van der Waals surface area contributed by atoms with Crippen molar-refractivity contribution in [1.82, 2.24) is 15.5 Å². The summed E-state index contributed by atoms with van der Waals surface area (Å²) in [6.07, 6.45) is 3.90. The largest absolute Gasteiger partial charge is 0.350 e. The number of amides is 6. The van der Waals surface area contributed by atoms with Crippen molar-refractivity contribution < 1.29 is 19.2 Å². The van der Waals surface area contributed by atoms with Crippen LogP contribution in [0.25, 0.3) is 0 Å². The number of benzene rings is 2. The summed E-state index contributed by atoms with van der Waals surface area (Å²) in [7, 11) is 0. The molecule has 4 rings (SSSR count). The molecule has 0 aromatic heterocycles. The molecule has 1 aliphatic carbocycles. The summed E-state index contributed by atoms with van der Waals surface area (Å²) in [5.41, 5.74) is 1.52. The van der Waals surface area contributed by atoms with E-state index in [1.165, 1.54) is 4.90 Å². The standard InChI is InChI=1S/C26H31N5O4/c1-18(19-11-13-21(14-12-19)29-24(34)28-20-8-3-2-4-9-20)27-22(32)10-7-17-31-23(33)26(30-25(31)35)15-5-6-16-26/h2-4,8-9,11-14,18H,5-7,10,15-17H2,1H3,(H,27,32)(H,30,35)(H2,28,29,34). The molecule has 2 aromatic rings. The third kappa shape index (κ3) is 5.79. The van der Waals surface area contributed by atoms with E-state index in [4.69, 9.17) is 0 Å². The second-order valence-electron chi connectivity index (χ2n) is 9.14. The van der Waals surface area contributed by atoms with Crippen LogP contribution < -0.4 is 21.3 Å². The van der Waals surface area contributed by atoms with Crippen molar-refractivity contribution in [2.75, 3.05) is 17.2 Å². The zero-order valence-electron chi connectivity index (χ0n) is 19.8. The number of carbonyl (C=O) groups is 4. The Morgan fingerprint density at radius 3 is 2.26 bits per heavy atom. The maximum absolute atomic E-state index is 12.7. The fourth-order valence-corrected chi connectivity index (χ4v) is 4.66. The molecule has 1 saturated carbocycles. The molecule has 2 fully saturated rings. The van der Waals surface area contributed by atoms with Gasteiger partial charge in [0.05, 0.1) is 6.04 Å². The van der Waals surface area contributed by atoms with Crippen LogP contribution in [0.2, 0.25) is 0 Å². The molecule has 4 N–H and O–H groups in total. The van der Waals surface area contributed by atoms with Crippen molar-refractivity contribution in [3.8, 4) is 0 Å². The first-order chi connectivity index (χ1) is 16.9. The van der Waals surface area contributed by atoms with Gasteiger partial charge in [0.25, 0.3) is 5.91 Å². The molecule has 2 aromatic carbocycles. The number of hydrogen-bond acceptors (Lipinski definition) is 4. The Labute approximate surface area is 204 Å². The van der Waals surface area contributed by atoms with E-state index in [1.54, 1.807) is 24.3 Å². The van der Waals surface area contributed by atoms with Gasteiger partial charge in [0.2, 0.25) is 5.91 Å². The number of urea groups is 2. The van der Waals surface area contributed by atoms with Crippen molar-refractivity contribution in [1.29, 1.82) is 0 Å². The summed E-state index contributed by atoms with van der Waals surface area (Å²) < 4.78 is 0. The van der Waals surface area contributed by atoms with E-state index < -0.39 is 5.54 Å². The lowest BCUT2D eigenvalue weighted by atomic mass is 9.98. The van der Waals surface area contributed by atoms with Crippen molar-refractivity contribution in [3.05, 3.63) is 60.2 Å². The van der Waals surface area contributed by atoms with E-state index >= 15 is 0 Å². The lowest BCUT2D eigenvalue weighted by Gasteiger charge is -2.20. The van der Waals surface area contributed by atoms with Crippen molar-refractivity contribution in [3.63, 3.8) is 0 Å². The maximum atomic E-state index is 12.7. The molecule has 1 aliphatic heterocycles. The minimum atomic E-state index is -0.711. The topological polar surface area (TPSA) is 120 Å². The Morgan fingerprint density at radius 1 is 0.971 bits per heavy atom. The van der Waals surface area contributed by atoms with Crippen LogP contribution in [0.4, 0.5) is 21.0 Å². The molecule has 9 heteroatoms. The van der Waals surface area contributed by atoms with Crippen molar-refractivity contribution in [2.45, 2.75) is 57.0 Å². The quantitative estimate of drug-likeness (QED) is 0.427. The number of imide groups is 1. The summed E-state index contributed by atoms with van der Waals surface area (Å²) >= 11 is 0. The molecule has 0 bridgehead atoms. The van der Waals surface area contributed by atoms with Gasteiger partial charge in [-0.2, -0.15) is 0 Å². The van der Waals surface area contributed by atoms with E-state index in [9.17, 15) is 19.2 Å². The first kappa shape index (κ1) is 24.3. The van der Waals surface area contributed by atoms with Gasteiger partial charge >= 0.3 is 12.1 Å². The first-order valence-corrected chi connectivity index (χ1v) is 12.0. The Morgan fingerprint density at radius 2 is 1.60 bits per heavy atom. The number of nitrogens with zero attached hydrogens (tertiary/aromatic N) is 1. The molecule has 6 amide bonds. The Kier molecular flexibility index (Phi) is 7.33. The number of carbonyl (C=O) groups excluding carboxylic acids is 4. The second-order valence-corrected chi connectivity index (χ2v) is 9.14. The minimum Gasteiger partial charge on any atom is -0.350 e. The number of para-hydroxylation sites is 1. The Balaban J connectivity index is 1.20. The molecular formula is C26H31N5O4. The Bertz CT molecular complexity index is 1080. The molecule has 1 saturated heterocycles. The number of rotatable bonds is 8. The third-order valence-corrected chi connectivity index (χ3v) is 6.57. The molecule has 2 aliphatic rings. The van der Waals surface area contributed by atoms with Crippen LogP contribution in [-0.4, -0.2) is 40.9 Å². The van der Waals surface area contributed by atoms with Crippen LogP contribution in [-0.2, 0) is 9.59 Å². The highest BCUT2D eigenvalue weighted by molar-refractivity contribution is 6.07. The highest BCUT2D eigenvalue weighted by atomic mass is 16.2. The molecule has 184 valence electrons. The van der Waals surface area contributed by atoms with Crippen LogP contribution in [0.15, 0.2) is 54.6 Å². The van der Waals surface area contributed by atoms with Gasteiger partial charge in [0.15, 0.2) is 0 Å². The normalized spacial score (nSPS) is 17.2. The highest BCUT2D eigenvalue weighted by Crippen LogP contribution is 2.35. The van der Waals surface area contributed by atoms with Gasteiger partial charge in [-0.15, -0.1) is 0 Å². The molecule has 9 nitrogen and oxygen atoms in total. The zero-order chi connectivity index (χ0) is 24.8. The average molecular weight is 478 g/mol. The van der Waals surface area contributed by atoms with Gasteiger partial charge in [0, 0.05) is 24.3 Å². The van der Waals surface area contributed by atoms with Crippen LogP contribution in [0.5, 0.6) is 0 Å². The van der Waals surface area contributed by atoms with Gasteiger partial charge < -0.3 is 21.3 Å². The molecule has 1 unspecified atom stereocenters. The van der Waals surface area contributed by atoms with Gasteiger partial charge in [-0.3, -0.25) is 14.5 Å². The third-order valence-electron chi connectivity index (χ3n) is 6.57. The van der Waals surface area contributed by atoms with E-state index in [0.717, 1.165) is 18.4 Å². The molecule has 1 spiro atoms. The van der Waals surface area contributed by atoms with Crippen LogP contribution in [0, 0.1) is 0 Å². The van der Waals surface area contributed by atoms with Gasteiger partial charge in [-0.25, -0.2) is 9.59 Å². The maximum Gasteiger partial charge on any atom is 0.325 e. The monoisotopic (exact) mass is 477 g/mol. The van der Waals surface area contributed by atoms with Gasteiger partial charge in [-0.05, 0) is 56.0 Å². The summed E-state index contributed by atoms with van der Waals surface area (Å²) in [6, 6.07) is 15.5. The van der Waals surface area contributed by atoms with E-state index in [-0.39, 0.29) is 42.9 Å². The average Bonchev–Trinajstić information content (AvgIpc) is 3.40. The van der Waals surface area contributed by atoms with Gasteiger partial charge in [-0.1, -0.05) is 43.2 Å². The number of hydrogen-bond donors (Lipinski definition) is 4. The Hall–Kier alpha value is -3.88. The van der Waals surface area contributed by atoms with Crippen LogP contribution >= 0.6 is 0 Å². The molecule has 0 radical (unpaired) electrons. The van der Waals surface area contributed by atoms with Crippen LogP contribution in [0.1, 0.15) is 57.1 Å². The fourth-order valence-electron chi connectivity index (χ4n) is 4.66. The summed E-state index contributed by atoms with van der Waals surface area (Å²) in [5.74, 6) is -0.301. The highest BCUT2D eigenvalue weighted by Gasteiger charge is 2.52. The number of anilines is 2. The lowest BCUT2D eigenvalue weighted by Crippen LogP contribution is -2.44. The lowest BCUT2D eigenvalue weighted by molar-refractivity contribution is -0.131. The van der Waals surface area contributed by atoms with Crippen molar-refractivity contribution in [2.24, 2.45) is 0 Å².